The lowest BCUT2D eigenvalue weighted by molar-refractivity contribution is 0.477. The Morgan fingerprint density at radius 1 is 0.656 bits per heavy atom. The van der Waals surface area contributed by atoms with Gasteiger partial charge in [0.15, 0.2) is 11.5 Å². The summed E-state index contributed by atoms with van der Waals surface area (Å²) in [5, 5.41) is 17.9. The van der Waals surface area contributed by atoms with Gasteiger partial charge in [-0.15, -0.1) is 0 Å². The second-order valence-corrected chi connectivity index (χ2v) is 8.07. The number of aromatic nitrogens is 3. The van der Waals surface area contributed by atoms with E-state index in [9.17, 15) is 5.11 Å². The van der Waals surface area contributed by atoms with Gasteiger partial charge in [0.05, 0.1) is 11.3 Å². The maximum atomic E-state index is 10.6. The highest BCUT2D eigenvalue weighted by Gasteiger charge is 2.20. The maximum Gasteiger partial charge on any atom is 0.164 e. The summed E-state index contributed by atoms with van der Waals surface area (Å²) in [7, 11) is 0. The van der Waals surface area contributed by atoms with Gasteiger partial charge in [-0.1, -0.05) is 60.7 Å². The zero-order chi connectivity index (χ0) is 21.2. The van der Waals surface area contributed by atoms with Crippen molar-refractivity contribution in [1.82, 2.24) is 14.5 Å². The molecule has 0 aliphatic heterocycles. The van der Waals surface area contributed by atoms with Crippen LogP contribution >= 0.6 is 0 Å². The van der Waals surface area contributed by atoms with Crippen molar-refractivity contribution in [2.24, 2.45) is 0 Å². The molecule has 4 heteroatoms. The molecular weight excluding hydrogens is 394 g/mol. The largest absolute Gasteiger partial charge is 0.507 e. The van der Waals surface area contributed by atoms with E-state index in [0.29, 0.717) is 11.4 Å². The van der Waals surface area contributed by atoms with Crippen LogP contribution in [-0.4, -0.2) is 19.6 Å². The molecule has 150 valence electrons. The summed E-state index contributed by atoms with van der Waals surface area (Å²) in [5.74, 6) is 0.869. The van der Waals surface area contributed by atoms with Gasteiger partial charge in [0.1, 0.15) is 11.3 Å². The van der Waals surface area contributed by atoms with Gasteiger partial charge in [0.25, 0.3) is 0 Å². The van der Waals surface area contributed by atoms with Crippen LogP contribution in [-0.2, 0) is 0 Å². The summed E-state index contributed by atoms with van der Waals surface area (Å²) < 4.78 is 2.07. The van der Waals surface area contributed by atoms with Crippen molar-refractivity contribution >= 4 is 43.5 Å². The molecule has 0 bridgehead atoms. The van der Waals surface area contributed by atoms with Crippen molar-refractivity contribution < 1.29 is 5.11 Å². The highest BCUT2D eigenvalue weighted by molar-refractivity contribution is 6.24. The first-order chi connectivity index (χ1) is 15.8. The van der Waals surface area contributed by atoms with Crippen molar-refractivity contribution in [2.45, 2.75) is 0 Å². The minimum absolute atomic E-state index is 0.196. The minimum atomic E-state index is 0.196. The second kappa shape index (κ2) is 6.28. The van der Waals surface area contributed by atoms with E-state index >= 15 is 0 Å². The molecule has 7 aromatic rings. The average Bonchev–Trinajstić information content (AvgIpc) is 3.22. The lowest BCUT2D eigenvalue weighted by atomic mass is 9.93. The Morgan fingerprint density at radius 2 is 1.41 bits per heavy atom. The molecule has 0 saturated heterocycles. The van der Waals surface area contributed by atoms with Crippen LogP contribution in [0.15, 0.2) is 97.2 Å². The standard InChI is InChI=1S/C28H17N3O/c32-24-9-2-1-7-21(24)27-30-22-8-4-16-29-28(22)31(27)23-15-13-19-11-10-17-5-3-6-18-12-14-20(23)26(19)25(17)18/h1-16,32H. The molecule has 32 heavy (non-hydrogen) atoms. The van der Waals surface area contributed by atoms with Gasteiger partial charge in [-0.25, -0.2) is 9.97 Å². The molecule has 0 atom stereocenters. The highest BCUT2D eigenvalue weighted by Crippen LogP contribution is 2.40. The molecule has 0 amide bonds. The number of rotatable bonds is 2. The first-order valence-corrected chi connectivity index (χ1v) is 10.6. The van der Waals surface area contributed by atoms with Gasteiger partial charge in [0, 0.05) is 11.6 Å². The summed E-state index contributed by atoms with van der Waals surface area (Å²) in [5.41, 5.74) is 3.23. The van der Waals surface area contributed by atoms with Crippen molar-refractivity contribution in [2.75, 3.05) is 0 Å². The van der Waals surface area contributed by atoms with E-state index in [2.05, 4.69) is 64.1 Å². The Bertz CT molecular complexity index is 1780. The van der Waals surface area contributed by atoms with Gasteiger partial charge in [-0.3, -0.25) is 4.57 Å². The van der Waals surface area contributed by atoms with Crippen LogP contribution in [0.25, 0.3) is 60.6 Å². The van der Waals surface area contributed by atoms with Crippen LogP contribution in [0.5, 0.6) is 5.75 Å². The lowest BCUT2D eigenvalue weighted by Crippen LogP contribution is -2.00. The summed E-state index contributed by atoms with van der Waals surface area (Å²) in [6, 6.07) is 30.6. The first-order valence-electron chi connectivity index (χ1n) is 10.6. The number of fused-ring (bicyclic) bond motifs is 1. The number of para-hydroxylation sites is 1. The predicted molar refractivity (Wildman–Crippen MR) is 130 cm³/mol. The Morgan fingerprint density at radius 3 is 2.25 bits per heavy atom. The fourth-order valence-corrected chi connectivity index (χ4v) is 4.90. The monoisotopic (exact) mass is 411 g/mol. The van der Waals surface area contributed by atoms with Crippen molar-refractivity contribution in [3.8, 4) is 22.8 Å². The van der Waals surface area contributed by atoms with Crippen LogP contribution in [0.2, 0.25) is 0 Å². The number of phenols is 1. The zero-order valence-corrected chi connectivity index (χ0v) is 17.0. The number of aromatic hydroxyl groups is 1. The number of hydrogen-bond donors (Lipinski definition) is 1. The Balaban J connectivity index is 1.66. The van der Waals surface area contributed by atoms with Gasteiger partial charge in [0.2, 0.25) is 0 Å². The molecule has 1 N–H and O–H groups in total. The van der Waals surface area contributed by atoms with E-state index in [4.69, 9.17) is 4.98 Å². The van der Waals surface area contributed by atoms with E-state index in [1.807, 2.05) is 30.3 Å². The Kier molecular flexibility index (Phi) is 3.39. The number of imidazole rings is 1. The van der Waals surface area contributed by atoms with Gasteiger partial charge in [-0.05, 0) is 57.3 Å². The smallest absolute Gasteiger partial charge is 0.164 e. The molecule has 5 aromatic carbocycles. The van der Waals surface area contributed by atoms with Gasteiger partial charge >= 0.3 is 0 Å². The van der Waals surface area contributed by atoms with Crippen LogP contribution in [0.1, 0.15) is 0 Å². The molecule has 0 aliphatic carbocycles. The highest BCUT2D eigenvalue weighted by atomic mass is 16.3. The van der Waals surface area contributed by atoms with E-state index < -0.39 is 0 Å². The molecule has 0 aliphatic rings. The first kappa shape index (κ1) is 17.3. The SMILES string of the molecule is Oc1ccccc1-c1nc2cccnc2n1-c1ccc2ccc3cccc4ccc1c2c34. The summed E-state index contributed by atoms with van der Waals surface area (Å²) >= 11 is 0. The van der Waals surface area contributed by atoms with Crippen molar-refractivity contribution in [3.05, 3.63) is 97.2 Å². The molecular formula is C28H17N3O. The molecule has 0 spiro atoms. The summed E-state index contributed by atoms with van der Waals surface area (Å²) in [4.78, 5) is 9.53. The molecule has 0 radical (unpaired) electrons. The Labute approximate surface area is 183 Å². The van der Waals surface area contributed by atoms with E-state index in [1.165, 1.54) is 26.9 Å². The van der Waals surface area contributed by atoms with Gasteiger partial charge in [-0.2, -0.15) is 0 Å². The lowest BCUT2D eigenvalue weighted by Gasteiger charge is -2.16. The van der Waals surface area contributed by atoms with Crippen LogP contribution < -0.4 is 0 Å². The molecule has 0 fully saturated rings. The number of phenolic OH excluding ortho intramolecular Hbond substituents is 1. The summed E-state index contributed by atoms with van der Waals surface area (Å²) in [6.07, 6.45) is 1.78. The molecule has 7 rings (SSSR count). The third-order valence-corrected chi connectivity index (χ3v) is 6.31. The molecule has 2 aromatic heterocycles. The van der Waals surface area contributed by atoms with Crippen molar-refractivity contribution in [1.29, 1.82) is 0 Å². The summed E-state index contributed by atoms with van der Waals surface area (Å²) in [6.45, 7) is 0. The average molecular weight is 411 g/mol. The number of pyridine rings is 1. The molecule has 2 heterocycles. The third kappa shape index (κ3) is 2.26. The number of nitrogens with zero attached hydrogens (tertiary/aromatic N) is 3. The number of benzene rings is 5. The van der Waals surface area contributed by atoms with Crippen molar-refractivity contribution in [3.63, 3.8) is 0 Å². The fraction of sp³-hybridized carbons (Fsp3) is 0. The second-order valence-electron chi connectivity index (χ2n) is 8.07. The van der Waals surface area contributed by atoms with E-state index in [1.54, 1.807) is 12.3 Å². The quantitative estimate of drug-likeness (QED) is 0.322. The zero-order valence-electron chi connectivity index (χ0n) is 17.0. The molecule has 0 saturated carbocycles. The van der Waals surface area contributed by atoms with Gasteiger partial charge < -0.3 is 5.11 Å². The minimum Gasteiger partial charge on any atom is -0.507 e. The van der Waals surface area contributed by atoms with Crippen LogP contribution in [0.4, 0.5) is 0 Å². The normalized spacial score (nSPS) is 11.9. The Hall–Kier alpha value is -4.44. The molecule has 4 nitrogen and oxygen atoms in total. The van der Waals surface area contributed by atoms with E-state index in [0.717, 1.165) is 22.2 Å². The topological polar surface area (TPSA) is 50.9 Å². The maximum absolute atomic E-state index is 10.6. The van der Waals surface area contributed by atoms with Crippen LogP contribution in [0.3, 0.4) is 0 Å². The predicted octanol–water partition coefficient (Wildman–Crippen LogP) is 6.69. The van der Waals surface area contributed by atoms with Crippen LogP contribution in [0, 0.1) is 0 Å². The fourth-order valence-electron chi connectivity index (χ4n) is 4.90. The number of hydrogen-bond acceptors (Lipinski definition) is 3. The molecule has 0 unspecified atom stereocenters. The third-order valence-electron chi connectivity index (χ3n) is 6.31. The van der Waals surface area contributed by atoms with E-state index in [-0.39, 0.29) is 5.75 Å².